The van der Waals surface area contributed by atoms with Crippen molar-refractivity contribution < 1.29 is 9.72 Å². The number of amides is 1. The first-order valence-corrected chi connectivity index (χ1v) is 8.97. The molecule has 1 aromatic carbocycles. The van der Waals surface area contributed by atoms with Gasteiger partial charge in [0.1, 0.15) is 18.3 Å². The summed E-state index contributed by atoms with van der Waals surface area (Å²) in [6.07, 6.45) is 2.65. The highest BCUT2D eigenvalue weighted by molar-refractivity contribution is 7.10. The van der Waals surface area contributed by atoms with Crippen LogP contribution in [0.25, 0.3) is 5.69 Å². The van der Waals surface area contributed by atoms with Crippen LogP contribution in [-0.2, 0) is 0 Å². The molecule has 1 unspecified atom stereocenters. The van der Waals surface area contributed by atoms with Crippen LogP contribution in [0.1, 0.15) is 21.3 Å². The molecule has 10 heteroatoms. The Balaban J connectivity index is 1.78. The number of likely N-dealkylation sites (N-methyl/N-ethyl adjacent to an activating group) is 1. The minimum Gasteiger partial charge on any atom is -0.350 e. The highest BCUT2D eigenvalue weighted by atomic mass is 32.1. The van der Waals surface area contributed by atoms with Crippen LogP contribution in [0, 0.1) is 10.1 Å². The Kier molecular flexibility index (Phi) is 5.57. The van der Waals surface area contributed by atoms with E-state index in [2.05, 4.69) is 15.4 Å². The molecule has 0 aliphatic rings. The highest BCUT2D eigenvalue weighted by Gasteiger charge is 2.21. The Morgan fingerprint density at radius 3 is 2.81 bits per heavy atom. The number of nitrogens with zero attached hydrogens (tertiary/aromatic N) is 5. The molecule has 3 aromatic rings. The number of thiophene rings is 1. The van der Waals surface area contributed by atoms with Crippen LogP contribution >= 0.6 is 11.3 Å². The predicted octanol–water partition coefficient (Wildman–Crippen LogP) is 2.27. The van der Waals surface area contributed by atoms with Gasteiger partial charge in [0, 0.05) is 23.1 Å². The number of nitrogens with one attached hydrogen (secondary N) is 1. The van der Waals surface area contributed by atoms with Crippen molar-refractivity contribution in [3.8, 4) is 5.69 Å². The molecule has 140 valence electrons. The van der Waals surface area contributed by atoms with Gasteiger partial charge in [-0.1, -0.05) is 6.07 Å². The third kappa shape index (κ3) is 4.18. The van der Waals surface area contributed by atoms with Gasteiger partial charge in [-0.2, -0.15) is 5.10 Å². The van der Waals surface area contributed by atoms with Crippen molar-refractivity contribution in [2.45, 2.75) is 6.04 Å². The van der Waals surface area contributed by atoms with Crippen molar-refractivity contribution >= 4 is 22.9 Å². The van der Waals surface area contributed by atoms with Crippen LogP contribution in [0.15, 0.2) is 48.4 Å². The Hall–Kier alpha value is -3.11. The summed E-state index contributed by atoms with van der Waals surface area (Å²) in [6.45, 7) is 0.394. The van der Waals surface area contributed by atoms with Gasteiger partial charge >= 0.3 is 0 Å². The fraction of sp³-hybridized carbons (Fsp3) is 0.235. The van der Waals surface area contributed by atoms with Crippen LogP contribution in [0.2, 0.25) is 0 Å². The molecule has 0 saturated heterocycles. The van der Waals surface area contributed by atoms with E-state index in [4.69, 9.17) is 0 Å². The second kappa shape index (κ2) is 8.06. The summed E-state index contributed by atoms with van der Waals surface area (Å²) in [4.78, 5) is 30.3. The minimum atomic E-state index is -0.540. The van der Waals surface area contributed by atoms with Crippen molar-refractivity contribution in [2.24, 2.45) is 0 Å². The summed E-state index contributed by atoms with van der Waals surface area (Å²) in [5, 5.41) is 20.2. The van der Waals surface area contributed by atoms with Gasteiger partial charge in [-0.15, -0.1) is 11.3 Å². The summed E-state index contributed by atoms with van der Waals surface area (Å²) in [6, 6.07) is 8.28. The first-order chi connectivity index (χ1) is 13.0. The fourth-order valence-electron chi connectivity index (χ4n) is 2.65. The number of rotatable bonds is 7. The molecule has 1 N–H and O–H groups in total. The predicted molar refractivity (Wildman–Crippen MR) is 101 cm³/mol. The number of hydrogen-bond donors (Lipinski definition) is 1. The molecule has 0 bridgehead atoms. The Morgan fingerprint density at radius 2 is 2.22 bits per heavy atom. The minimum absolute atomic E-state index is 0.0263. The van der Waals surface area contributed by atoms with Crippen LogP contribution < -0.4 is 5.32 Å². The molecule has 2 heterocycles. The Labute approximate surface area is 159 Å². The quantitative estimate of drug-likeness (QED) is 0.493. The zero-order chi connectivity index (χ0) is 19.4. The molecule has 0 fully saturated rings. The summed E-state index contributed by atoms with van der Waals surface area (Å²) in [7, 11) is 3.88. The van der Waals surface area contributed by atoms with Gasteiger partial charge in [-0.3, -0.25) is 14.9 Å². The van der Waals surface area contributed by atoms with Crippen LogP contribution in [0.3, 0.4) is 0 Å². The van der Waals surface area contributed by atoms with Gasteiger partial charge in [0.2, 0.25) is 0 Å². The standard InChI is InChI=1S/C17H18N6O3S/c1-21(2)15(16-4-3-7-27-16)9-19-17(24)12-5-6-13(14(8-12)23(25)26)22-11-18-10-20-22/h3-8,10-11,15H,9H2,1-2H3,(H,19,24). The maximum Gasteiger partial charge on any atom is 0.295 e. The molecule has 9 nitrogen and oxygen atoms in total. The number of hydrogen-bond acceptors (Lipinski definition) is 7. The maximum absolute atomic E-state index is 12.5. The van der Waals surface area contributed by atoms with E-state index in [-0.39, 0.29) is 28.9 Å². The fourth-order valence-corrected chi connectivity index (χ4v) is 3.57. The van der Waals surface area contributed by atoms with E-state index in [0.717, 1.165) is 4.88 Å². The molecule has 0 spiro atoms. The first kappa shape index (κ1) is 18.7. The van der Waals surface area contributed by atoms with Gasteiger partial charge < -0.3 is 10.2 Å². The molecule has 0 aliphatic heterocycles. The van der Waals surface area contributed by atoms with Gasteiger partial charge in [-0.05, 0) is 37.7 Å². The van der Waals surface area contributed by atoms with E-state index in [9.17, 15) is 14.9 Å². The zero-order valence-electron chi connectivity index (χ0n) is 14.8. The summed E-state index contributed by atoms with van der Waals surface area (Å²) in [5.74, 6) is -0.369. The van der Waals surface area contributed by atoms with Crippen molar-refractivity contribution in [2.75, 3.05) is 20.6 Å². The van der Waals surface area contributed by atoms with Crippen molar-refractivity contribution in [1.29, 1.82) is 0 Å². The summed E-state index contributed by atoms with van der Waals surface area (Å²) < 4.78 is 1.29. The van der Waals surface area contributed by atoms with Crippen LogP contribution in [0.5, 0.6) is 0 Å². The summed E-state index contributed by atoms with van der Waals surface area (Å²) >= 11 is 1.62. The average molecular weight is 386 g/mol. The first-order valence-electron chi connectivity index (χ1n) is 8.09. The number of nitro benzene ring substituents is 1. The monoisotopic (exact) mass is 386 g/mol. The second-order valence-electron chi connectivity index (χ2n) is 6.01. The third-order valence-electron chi connectivity index (χ3n) is 4.05. The van der Waals surface area contributed by atoms with E-state index >= 15 is 0 Å². The number of carbonyl (C=O) groups is 1. The van der Waals surface area contributed by atoms with Crippen LogP contribution in [-0.4, -0.2) is 51.1 Å². The number of nitro groups is 1. The lowest BCUT2D eigenvalue weighted by atomic mass is 10.1. The topological polar surface area (TPSA) is 106 Å². The highest BCUT2D eigenvalue weighted by Crippen LogP contribution is 2.25. The smallest absolute Gasteiger partial charge is 0.295 e. The molecule has 0 radical (unpaired) electrons. The molecule has 0 saturated carbocycles. The van der Waals surface area contributed by atoms with E-state index in [1.165, 1.54) is 35.5 Å². The second-order valence-corrected chi connectivity index (χ2v) is 6.98. The average Bonchev–Trinajstić information content (AvgIpc) is 3.35. The lowest BCUT2D eigenvalue weighted by Crippen LogP contribution is -2.34. The number of aromatic nitrogens is 3. The largest absolute Gasteiger partial charge is 0.350 e. The molecule has 1 amide bonds. The Morgan fingerprint density at radius 1 is 1.41 bits per heavy atom. The van der Waals surface area contributed by atoms with Gasteiger partial charge in [0.05, 0.1) is 11.0 Å². The molecule has 3 rings (SSSR count). The lowest BCUT2D eigenvalue weighted by Gasteiger charge is -2.23. The Bertz CT molecular complexity index is 924. The maximum atomic E-state index is 12.5. The van der Waals surface area contributed by atoms with Gasteiger partial charge in [0.15, 0.2) is 0 Å². The van der Waals surface area contributed by atoms with E-state index < -0.39 is 4.92 Å². The molecule has 27 heavy (non-hydrogen) atoms. The van der Waals surface area contributed by atoms with E-state index in [1.54, 1.807) is 11.3 Å². The van der Waals surface area contributed by atoms with Crippen LogP contribution in [0.4, 0.5) is 5.69 Å². The van der Waals surface area contributed by atoms with E-state index in [0.29, 0.717) is 6.54 Å². The van der Waals surface area contributed by atoms with Crippen molar-refractivity contribution in [1.82, 2.24) is 25.0 Å². The van der Waals surface area contributed by atoms with Gasteiger partial charge in [-0.25, -0.2) is 9.67 Å². The number of benzene rings is 1. The normalized spacial score (nSPS) is 12.1. The molecule has 0 aliphatic carbocycles. The molecule has 2 aromatic heterocycles. The van der Waals surface area contributed by atoms with Crippen molar-refractivity contribution in [3.63, 3.8) is 0 Å². The number of carbonyl (C=O) groups excluding carboxylic acids is 1. The summed E-state index contributed by atoms with van der Waals surface area (Å²) in [5.41, 5.74) is 0.253. The molecular formula is C17H18N6O3S. The SMILES string of the molecule is CN(C)C(CNC(=O)c1ccc(-n2cncn2)c([N+](=O)[O-])c1)c1cccs1. The van der Waals surface area contributed by atoms with Crippen molar-refractivity contribution in [3.05, 3.63) is 68.9 Å². The lowest BCUT2D eigenvalue weighted by molar-refractivity contribution is -0.384. The zero-order valence-corrected chi connectivity index (χ0v) is 15.6. The van der Waals surface area contributed by atoms with Gasteiger partial charge in [0.25, 0.3) is 11.6 Å². The molecular weight excluding hydrogens is 368 g/mol. The third-order valence-corrected chi connectivity index (χ3v) is 5.02. The molecule has 1 atom stereocenters. The van der Waals surface area contributed by atoms with E-state index in [1.807, 2.05) is 36.5 Å².